The molecule has 4 nitrogen and oxygen atoms in total. The maximum atomic E-state index is 11.9. The van der Waals surface area contributed by atoms with E-state index in [0.29, 0.717) is 0 Å². The number of carboxylic acids is 1. The molecule has 0 aromatic heterocycles. The SMILES string of the molecule is O=C(O)c1cccc(S(=O)(=O)CCCF)c1. The number of benzene rings is 1. The molecule has 0 bridgehead atoms. The largest absolute Gasteiger partial charge is 0.478 e. The fourth-order valence-corrected chi connectivity index (χ4v) is 2.50. The number of hydrogen-bond donors (Lipinski definition) is 1. The summed E-state index contributed by atoms with van der Waals surface area (Å²) in [6, 6.07) is 5.04. The molecule has 1 rings (SSSR count). The molecule has 16 heavy (non-hydrogen) atoms. The van der Waals surface area contributed by atoms with Crippen LogP contribution in [-0.2, 0) is 9.84 Å². The van der Waals surface area contributed by atoms with Crippen LogP contribution in [0.5, 0.6) is 0 Å². The van der Waals surface area contributed by atoms with Gasteiger partial charge in [-0.25, -0.2) is 13.2 Å². The summed E-state index contributed by atoms with van der Waals surface area (Å²) in [5.74, 6) is -1.51. The number of hydrogen-bond acceptors (Lipinski definition) is 3. The molecule has 0 atom stereocenters. The Bertz CT molecular complexity index is 481. The molecule has 0 radical (unpaired) electrons. The van der Waals surface area contributed by atoms with Crippen LogP contribution >= 0.6 is 0 Å². The Balaban J connectivity index is 3.04. The lowest BCUT2D eigenvalue weighted by atomic mass is 10.2. The van der Waals surface area contributed by atoms with Gasteiger partial charge >= 0.3 is 5.97 Å². The van der Waals surface area contributed by atoms with Crippen molar-refractivity contribution in [1.82, 2.24) is 0 Å². The van der Waals surface area contributed by atoms with Crippen molar-refractivity contribution < 1.29 is 22.7 Å². The Morgan fingerprint density at radius 3 is 2.62 bits per heavy atom. The van der Waals surface area contributed by atoms with Gasteiger partial charge in [-0.2, -0.15) is 0 Å². The number of halogens is 1. The molecule has 1 aromatic carbocycles. The molecule has 0 saturated heterocycles. The normalized spacial score (nSPS) is 11.3. The van der Waals surface area contributed by atoms with Gasteiger partial charge in [-0.1, -0.05) is 6.07 Å². The smallest absolute Gasteiger partial charge is 0.335 e. The third-order valence-corrected chi connectivity index (χ3v) is 3.79. The fourth-order valence-electron chi connectivity index (χ4n) is 1.19. The lowest BCUT2D eigenvalue weighted by Crippen LogP contribution is -2.08. The first kappa shape index (κ1) is 12.6. The van der Waals surface area contributed by atoms with Gasteiger partial charge in [0.05, 0.1) is 22.9 Å². The van der Waals surface area contributed by atoms with Crippen LogP contribution in [0.3, 0.4) is 0 Å². The van der Waals surface area contributed by atoms with E-state index in [1.54, 1.807) is 0 Å². The molecule has 88 valence electrons. The van der Waals surface area contributed by atoms with Crippen molar-refractivity contribution in [2.75, 3.05) is 12.4 Å². The van der Waals surface area contributed by atoms with E-state index < -0.39 is 22.5 Å². The van der Waals surface area contributed by atoms with Crippen LogP contribution in [0.1, 0.15) is 16.8 Å². The van der Waals surface area contributed by atoms with E-state index in [0.717, 1.165) is 6.07 Å². The first-order chi connectivity index (χ1) is 7.47. The number of aromatic carboxylic acids is 1. The van der Waals surface area contributed by atoms with Gasteiger partial charge in [0.1, 0.15) is 0 Å². The maximum Gasteiger partial charge on any atom is 0.335 e. The molecule has 0 amide bonds. The molecule has 0 unspecified atom stereocenters. The van der Waals surface area contributed by atoms with Crippen molar-refractivity contribution in [2.24, 2.45) is 0 Å². The number of carboxylic acid groups (broad SMARTS) is 1. The second-order valence-corrected chi connectivity index (χ2v) is 5.30. The van der Waals surface area contributed by atoms with Gasteiger partial charge in [0.2, 0.25) is 0 Å². The summed E-state index contributed by atoms with van der Waals surface area (Å²) in [5, 5.41) is 8.70. The van der Waals surface area contributed by atoms with Crippen LogP contribution in [0.4, 0.5) is 4.39 Å². The van der Waals surface area contributed by atoms with Crippen LogP contribution in [0.2, 0.25) is 0 Å². The average Bonchev–Trinajstić information content (AvgIpc) is 2.26. The minimum Gasteiger partial charge on any atom is -0.478 e. The second kappa shape index (κ2) is 5.07. The van der Waals surface area contributed by atoms with Gasteiger partial charge in [-0.15, -0.1) is 0 Å². The van der Waals surface area contributed by atoms with Gasteiger partial charge in [-0.3, -0.25) is 4.39 Å². The first-order valence-corrected chi connectivity index (χ1v) is 6.24. The zero-order valence-corrected chi connectivity index (χ0v) is 9.21. The lowest BCUT2D eigenvalue weighted by Gasteiger charge is -2.03. The Hall–Kier alpha value is -1.43. The van der Waals surface area contributed by atoms with Crippen molar-refractivity contribution >= 4 is 15.8 Å². The molecule has 1 aromatic rings. The highest BCUT2D eigenvalue weighted by Crippen LogP contribution is 2.14. The Kier molecular flexibility index (Phi) is 4.00. The standard InChI is InChI=1S/C10H11FO4S/c11-5-2-6-16(14,15)9-4-1-3-8(7-9)10(12)13/h1,3-4,7H,2,5-6H2,(H,12,13). The highest BCUT2D eigenvalue weighted by molar-refractivity contribution is 7.91. The first-order valence-electron chi connectivity index (χ1n) is 4.59. The van der Waals surface area contributed by atoms with Crippen molar-refractivity contribution in [3.63, 3.8) is 0 Å². The molecule has 0 aliphatic carbocycles. The van der Waals surface area contributed by atoms with Crippen LogP contribution in [0.25, 0.3) is 0 Å². The summed E-state index contributed by atoms with van der Waals surface area (Å²) in [4.78, 5) is 10.6. The summed E-state index contributed by atoms with van der Waals surface area (Å²) in [5.41, 5.74) is -0.0960. The molecule has 0 fully saturated rings. The second-order valence-electron chi connectivity index (χ2n) is 3.19. The number of carbonyl (C=O) groups is 1. The van der Waals surface area contributed by atoms with Crippen molar-refractivity contribution in [3.8, 4) is 0 Å². The summed E-state index contributed by atoms with van der Waals surface area (Å²) < 4.78 is 35.1. The Morgan fingerprint density at radius 1 is 1.38 bits per heavy atom. The summed E-state index contributed by atoms with van der Waals surface area (Å²) in [7, 11) is -3.58. The number of alkyl halides is 1. The number of rotatable bonds is 5. The summed E-state index contributed by atoms with van der Waals surface area (Å²) in [6.07, 6.45) is -0.0837. The quantitative estimate of drug-likeness (QED) is 0.855. The van der Waals surface area contributed by atoms with Crippen LogP contribution in [-0.4, -0.2) is 31.9 Å². The average molecular weight is 246 g/mol. The zero-order valence-electron chi connectivity index (χ0n) is 8.39. The molecule has 0 aliphatic rings. The third kappa shape index (κ3) is 3.03. The molecule has 0 saturated carbocycles. The third-order valence-electron chi connectivity index (χ3n) is 1.99. The van der Waals surface area contributed by atoms with Gasteiger partial charge in [0.15, 0.2) is 9.84 Å². The van der Waals surface area contributed by atoms with E-state index in [4.69, 9.17) is 5.11 Å². The van der Waals surface area contributed by atoms with E-state index >= 15 is 0 Å². The van der Waals surface area contributed by atoms with E-state index in [-0.39, 0.29) is 22.6 Å². The fraction of sp³-hybridized carbons (Fsp3) is 0.300. The predicted molar refractivity (Wildman–Crippen MR) is 56.0 cm³/mol. The molecular weight excluding hydrogens is 235 g/mol. The highest BCUT2D eigenvalue weighted by atomic mass is 32.2. The topological polar surface area (TPSA) is 71.4 Å². The predicted octanol–water partition coefficient (Wildman–Crippen LogP) is 1.52. The molecule has 0 aliphatic heterocycles. The van der Waals surface area contributed by atoms with E-state index in [2.05, 4.69) is 0 Å². The monoisotopic (exact) mass is 246 g/mol. The lowest BCUT2D eigenvalue weighted by molar-refractivity contribution is 0.0696. The van der Waals surface area contributed by atoms with Crippen molar-refractivity contribution in [3.05, 3.63) is 29.8 Å². The van der Waals surface area contributed by atoms with Gasteiger partial charge in [0, 0.05) is 0 Å². The van der Waals surface area contributed by atoms with E-state index in [1.165, 1.54) is 18.2 Å². The molecule has 0 heterocycles. The minimum atomic E-state index is -3.58. The van der Waals surface area contributed by atoms with Crippen molar-refractivity contribution in [1.29, 1.82) is 0 Å². The summed E-state index contributed by atoms with van der Waals surface area (Å²) >= 11 is 0. The maximum absolute atomic E-state index is 11.9. The molecular formula is C10H11FO4S. The van der Waals surface area contributed by atoms with Crippen molar-refractivity contribution in [2.45, 2.75) is 11.3 Å². The van der Waals surface area contributed by atoms with Crippen LogP contribution < -0.4 is 0 Å². The van der Waals surface area contributed by atoms with E-state index in [1.807, 2.05) is 0 Å². The summed E-state index contributed by atoms with van der Waals surface area (Å²) in [6.45, 7) is -0.710. The minimum absolute atomic E-state index is 0.0825. The Labute approximate surface area is 92.6 Å². The van der Waals surface area contributed by atoms with Gasteiger partial charge in [-0.05, 0) is 24.6 Å². The zero-order chi connectivity index (χ0) is 12.2. The van der Waals surface area contributed by atoms with Crippen LogP contribution in [0.15, 0.2) is 29.2 Å². The highest BCUT2D eigenvalue weighted by Gasteiger charge is 2.15. The van der Waals surface area contributed by atoms with Gasteiger partial charge < -0.3 is 5.11 Å². The van der Waals surface area contributed by atoms with Gasteiger partial charge in [0.25, 0.3) is 0 Å². The molecule has 0 spiro atoms. The van der Waals surface area contributed by atoms with E-state index in [9.17, 15) is 17.6 Å². The van der Waals surface area contributed by atoms with Crippen LogP contribution in [0, 0.1) is 0 Å². The molecule has 1 N–H and O–H groups in total. The molecule has 6 heteroatoms. The number of sulfone groups is 1. The Morgan fingerprint density at radius 2 is 2.06 bits per heavy atom.